The first-order chi connectivity index (χ1) is 10.1. The number of benzene rings is 1. The summed E-state index contributed by atoms with van der Waals surface area (Å²) in [6.07, 6.45) is 3.44. The zero-order valence-electron chi connectivity index (χ0n) is 11.9. The number of rotatable bonds is 3. The van der Waals surface area contributed by atoms with E-state index in [0.29, 0.717) is 6.54 Å². The molecular weight excluding hydrogens is 284 g/mol. The molecule has 1 aromatic carbocycles. The molecule has 0 spiro atoms. The van der Waals surface area contributed by atoms with Crippen LogP contribution in [0.5, 0.6) is 0 Å². The molecule has 0 aliphatic carbocycles. The molecule has 21 heavy (non-hydrogen) atoms. The molecule has 0 amide bonds. The van der Waals surface area contributed by atoms with Crippen LogP contribution >= 0.6 is 11.6 Å². The van der Waals surface area contributed by atoms with Gasteiger partial charge >= 0.3 is 0 Å². The number of halogens is 1. The minimum atomic E-state index is 0.659. The fourth-order valence-corrected chi connectivity index (χ4v) is 2.45. The van der Waals surface area contributed by atoms with Gasteiger partial charge in [0, 0.05) is 22.5 Å². The first-order valence-electron chi connectivity index (χ1n) is 6.69. The zero-order valence-corrected chi connectivity index (χ0v) is 12.7. The lowest BCUT2D eigenvalue weighted by atomic mass is 10.0. The van der Waals surface area contributed by atoms with Crippen molar-refractivity contribution in [3.63, 3.8) is 0 Å². The van der Waals surface area contributed by atoms with Crippen LogP contribution in [0.2, 0.25) is 5.02 Å². The molecule has 3 aromatic rings. The second-order valence-electron chi connectivity index (χ2n) is 4.95. The van der Waals surface area contributed by atoms with Gasteiger partial charge < -0.3 is 0 Å². The molecule has 0 aliphatic rings. The average molecular weight is 299 g/mol. The summed E-state index contributed by atoms with van der Waals surface area (Å²) in [5, 5.41) is 4.93. The lowest BCUT2D eigenvalue weighted by Gasteiger charge is -2.09. The van der Waals surface area contributed by atoms with Crippen LogP contribution in [0, 0.1) is 13.8 Å². The van der Waals surface area contributed by atoms with E-state index in [2.05, 4.69) is 21.1 Å². The maximum atomic E-state index is 6.08. The van der Waals surface area contributed by atoms with Crippen molar-refractivity contribution in [3.05, 3.63) is 65.0 Å². The van der Waals surface area contributed by atoms with Gasteiger partial charge in [-0.3, -0.25) is 4.98 Å². The van der Waals surface area contributed by atoms with Crippen molar-refractivity contribution in [2.75, 3.05) is 0 Å². The van der Waals surface area contributed by atoms with Crippen LogP contribution in [0.3, 0.4) is 0 Å². The molecule has 3 rings (SSSR count). The molecule has 0 atom stereocenters. The summed E-state index contributed by atoms with van der Waals surface area (Å²) in [6, 6.07) is 9.95. The highest BCUT2D eigenvalue weighted by Crippen LogP contribution is 2.25. The standard InChI is InChI=1S/C16H15ClN4/c1-11-16(14-4-3-5-15(17)7-14)6-13(8-18-11)9-21-12(2)19-10-20-21/h3-8,10H,9H2,1-2H3. The van der Waals surface area contributed by atoms with Gasteiger partial charge in [0.05, 0.1) is 6.54 Å². The second-order valence-corrected chi connectivity index (χ2v) is 5.39. The summed E-state index contributed by atoms with van der Waals surface area (Å²) in [5.41, 5.74) is 4.23. The summed E-state index contributed by atoms with van der Waals surface area (Å²) >= 11 is 6.08. The number of hydrogen-bond donors (Lipinski definition) is 0. The Labute approximate surface area is 128 Å². The summed E-state index contributed by atoms with van der Waals surface area (Å²) in [5.74, 6) is 0.889. The maximum Gasteiger partial charge on any atom is 0.138 e. The van der Waals surface area contributed by atoms with Crippen LogP contribution in [-0.2, 0) is 6.54 Å². The SMILES string of the molecule is Cc1ncc(Cn2ncnc2C)cc1-c1cccc(Cl)c1. The number of nitrogens with zero attached hydrogens (tertiary/aromatic N) is 4. The predicted octanol–water partition coefficient (Wildman–Crippen LogP) is 3.66. The summed E-state index contributed by atoms with van der Waals surface area (Å²) in [4.78, 5) is 8.63. The van der Waals surface area contributed by atoms with E-state index in [4.69, 9.17) is 11.6 Å². The normalized spacial score (nSPS) is 10.8. The number of aromatic nitrogens is 4. The minimum Gasteiger partial charge on any atom is -0.261 e. The molecule has 0 saturated heterocycles. The van der Waals surface area contributed by atoms with E-state index in [1.807, 2.05) is 49.0 Å². The maximum absolute atomic E-state index is 6.08. The smallest absolute Gasteiger partial charge is 0.138 e. The van der Waals surface area contributed by atoms with Gasteiger partial charge in [0.1, 0.15) is 12.2 Å². The Morgan fingerprint density at radius 3 is 2.71 bits per heavy atom. The topological polar surface area (TPSA) is 43.6 Å². The van der Waals surface area contributed by atoms with E-state index in [1.165, 1.54) is 0 Å². The molecule has 0 N–H and O–H groups in total. The Hall–Kier alpha value is -2.20. The lowest BCUT2D eigenvalue weighted by Crippen LogP contribution is -2.05. The fraction of sp³-hybridized carbons (Fsp3) is 0.188. The van der Waals surface area contributed by atoms with Crippen LogP contribution in [0.25, 0.3) is 11.1 Å². The third-order valence-corrected chi connectivity index (χ3v) is 3.66. The zero-order chi connectivity index (χ0) is 14.8. The van der Waals surface area contributed by atoms with Gasteiger partial charge in [-0.1, -0.05) is 23.7 Å². The second kappa shape index (κ2) is 5.66. The highest BCUT2D eigenvalue weighted by atomic mass is 35.5. The summed E-state index contributed by atoms with van der Waals surface area (Å²) in [7, 11) is 0. The van der Waals surface area contributed by atoms with Gasteiger partial charge in [-0.05, 0) is 43.2 Å². The molecule has 0 aliphatic heterocycles. The average Bonchev–Trinajstić information content (AvgIpc) is 2.86. The first-order valence-corrected chi connectivity index (χ1v) is 7.07. The van der Waals surface area contributed by atoms with E-state index in [0.717, 1.165) is 33.2 Å². The van der Waals surface area contributed by atoms with E-state index in [-0.39, 0.29) is 0 Å². The Morgan fingerprint density at radius 2 is 2.00 bits per heavy atom. The Bertz CT molecular complexity index is 779. The van der Waals surface area contributed by atoms with Crippen molar-refractivity contribution in [3.8, 4) is 11.1 Å². The highest BCUT2D eigenvalue weighted by Gasteiger charge is 2.07. The van der Waals surface area contributed by atoms with Crippen LogP contribution in [-0.4, -0.2) is 19.7 Å². The number of hydrogen-bond acceptors (Lipinski definition) is 3. The third kappa shape index (κ3) is 2.95. The fourth-order valence-electron chi connectivity index (χ4n) is 2.26. The number of aryl methyl sites for hydroxylation is 2. The molecule has 2 heterocycles. The Balaban J connectivity index is 1.98. The van der Waals surface area contributed by atoms with Gasteiger partial charge in [-0.15, -0.1) is 0 Å². The summed E-state index contributed by atoms with van der Waals surface area (Å²) < 4.78 is 1.86. The quantitative estimate of drug-likeness (QED) is 0.741. The van der Waals surface area contributed by atoms with E-state index < -0.39 is 0 Å². The molecule has 0 radical (unpaired) electrons. The van der Waals surface area contributed by atoms with E-state index in [9.17, 15) is 0 Å². The molecule has 0 unspecified atom stereocenters. The number of pyridine rings is 1. The minimum absolute atomic E-state index is 0.659. The van der Waals surface area contributed by atoms with Crippen molar-refractivity contribution in [1.29, 1.82) is 0 Å². The van der Waals surface area contributed by atoms with Gasteiger partial charge in [0.25, 0.3) is 0 Å². The molecular formula is C16H15ClN4. The molecule has 0 fully saturated rings. The van der Waals surface area contributed by atoms with Crippen LogP contribution in [0.1, 0.15) is 17.1 Å². The van der Waals surface area contributed by atoms with Gasteiger partial charge in [0.2, 0.25) is 0 Å². The molecule has 106 valence electrons. The molecule has 5 heteroatoms. The van der Waals surface area contributed by atoms with Crippen molar-refractivity contribution < 1.29 is 0 Å². The molecule has 0 bridgehead atoms. The van der Waals surface area contributed by atoms with Gasteiger partial charge in [-0.2, -0.15) is 5.10 Å². The largest absolute Gasteiger partial charge is 0.261 e. The van der Waals surface area contributed by atoms with Crippen LogP contribution < -0.4 is 0 Å². The van der Waals surface area contributed by atoms with Gasteiger partial charge in [0.15, 0.2) is 0 Å². The Kier molecular flexibility index (Phi) is 3.71. The van der Waals surface area contributed by atoms with Crippen LogP contribution in [0.4, 0.5) is 0 Å². The Morgan fingerprint density at radius 1 is 1.14 bits per heavy atom. The summed E-state index contributed by atoms with van der Waals surface area (Å²) in [6.45, 7) is 4.60. The molecule has 4 nitrogen and oxygen atoms in total. The van der Waals surface area contributed by atoms with Crippen molar-refractivity contribution >= 4 is 11.6 Å². The molecule has 2 aromatic heterocycles. The van der Waals surface area contributed by atoms with Crippen LogP contribution in [0.15, 0.2) is 42.9 Å². The lowest BCUT2D eigenvalue weighted by molar-refractivity contribution is 0.659. The van der Waals surface area contributed by atoms with Crippen molar-refractivity contribution in [1.82, 2.24) is 19.7 Å². The first kappa shape index (κ1) is 13.8. The monoisotopic (exact) mass is 298 g/mol. The van der Waals surface area contributed by atoms with Crippen molar-refractivity contribution in [2.45, 2.75) is 20.4 Å². The predicted molar refractivity (Wildman–Crippen MR) is 83.3 cm³/mol. The van der Waals surface area contributed by atoms with E-state index >= 15 is 0 Å². The van der Waals surface area contributed by atoms with E-state index in [1.54, 1.807) is 6.33 Å². The third-order valence-electron chi connectivity index (χ3n) is 3.42. The van der Waals surface area contributed by atoms with Gasteiger partial charge in [-0.25, -0.2) is 9.67 Å². The molecule has 0 saturated carbocycles. The highest BCUT2D eigenvalue weighted by molar-refractivity contribution is 6.30. The van der Waals surface area contributed by atoms with Crippen molar-refractivity contribution in [2.24, 2.45) is 0 Å².